The Labute approximate surface area is 203 Å². The van der Waals surface area contributed by atoms with Gasteiger partial charge >= 0.3 is 5.97 Å². The predicted octanol–water partition coefficient (Wildman–Crippen LogP) is 2.36. The number of fused-ring (bicyclic) bond motifs is 3. The molecule has 0 amide bonds. The summed E-state index contributed by atoms with van der Waals surface area (Å²) in [6.45, 7) is 4.00. The van der Waals surface area contributed by atoms with Crippen molar-refractivity contribution in [1.29, 1.82) is 0 Å². The maximum absolute atomic E-state index is 13.4. The SMILES string of the molecule is CCOC(=O)C1=C(C)n2c(s/c(=C\c3ccc4c(c3)OCO4)c2=O)=N[C@H]1c1ccc2c(c1)OCO2. The van der Waals surface area contributed by atoms with Crippen LogP contribution in [0, 0.1) is 0 Å². The summed E-state index contributed by atoms with van der Waals surface area (Å²) in [5.41, 5.74) is 2.08. The Hall–Kier alpha value is -4.05. The Morgan fingerprint density at radius 1 is 1.09 bits per heavy atom. The lowest BCUT2D eigenvalue weighted by molar-refractivity contribution is -0.138. The number of rotatable bonds is 4. The number of aromatic nitrogens is 1. The van der Waals surface area contributed by atoms with Crippen LogP contribution in [-0.2, 0) is 9.53 Å². The summed E-state index contributed by atoms with van der Waals surface area (Å²) >= 11 is 1.26. The van der Waals surface area contributed by atoms with Gasteiger partial charge in [0, 0.05) is 5.70 Å². The third kappa shape index (κ3) is 3.57. The van der Waals surface area contributed by atoms with Crippen LogP contribution in [0.4, 0.5) is 0 Å². The largest absolute Gasteiger partial charge is 0.463 e. The lowest BCUT2D eigenvalue weighted by Crippen LogP contribution is -2.35. The van der Waals surface area contributed by atoms with Crippen molar-refractivity contribution in [2.24, 2.45) is 4.99 Å². The molecular formula is C25H20N2O7S. The molecule has 178 valence electrons. The van der Waals surface area contributed by atoms with Crippen molar-refractivity contribution in [1.82, 2.24) is 4.57 Å². The van der Waals surface area contributed by atoms with Crippen molar-refractivity contribution >= 4 is 29.1 Å². The fraction of sp³-hybridized carbons (Fsp3) is 0.240. The monoisotopic (exact) mass is 492 g/mol. The van der Waals surface area contributed by atoms with E-state index in [1.165, 1.54) is 15.9 Å². The first kappa shape index (κ1) is 21.5. The summed E-state index contributed by atoms with van der Waals surface area (Å²) in [4.78, 5) is 31.7. The van der Waals surface area contributed by atoms with E-state index in [2.05, 4.69) is 0 Å². The van der Waals surface area contributed by atoms with Gasteiger partial charge in [-0.25, -0.2) is 9.79 Å². The molecule has 35 heavy (non-hydrogen) atoms. The van der Waals surface area contributed by atoms with Gasteiger partial charge in [-0.05, 0) is 55.3 Å². The predicted molar refractivity (Wildman–Crippen MR) is 126 cm³/mol. The molecule has 3 aliphatic rings. The van der Waals surface area contributed by atoms with Gasteiger partial charge in [-0.1, -0.05) is 23.5 Å². The molecule has 0 saturated heterocycles. The van der Waals surface area contributed by atoms with Crippen LogP contribution >= 0.6 is 11.3 Å². The fourth-order valence-electron chi connectivity index (χ4n) is 4.30. The second kappa shape index (κ2) is 8.31. The third-order valence-corrected chi connectivity index (χ3v) is 6.93. The van der Waals surface area contributed by atoms with E-state index in [1.807, 2.05) is 30.3 Å². The van der Waals surface area contributed by atoms with Crippen LogP contribution in [0.5, 0.6) is 23.0 Å². The molecule has 0 spiro atoms. The third-order valence-electron chi connectivity index (χ3n) is 5.95. The number of ether oxygens (including phenoxy) is 5. The fourth-order valence-corrected chi connectivity index (χ4v) is 5.34. The van der Waals surface area contributed by atoms with Crippen LogP contribution in [-0.4, -0.2) is 30.7 Å². The molecule has 0 N–H and O–H groups in total. The minimum absolute atomic E-state index is 0.143. The lowest BCUT2D eigenvalue weighted by atomic mass is 9.96. The minimum atomic E-state index is -0.653. The maximum atomic E-state index is 13.4. The number of esters is 1. The molecule has 3 aromatic rings. The first-order valence-electron chi connectivity index (χ1n) is 11.0. The van der Waals surface area contributed by atoms with E-state index in [1.54, 1.807) is 26.0 Å². The lowest BCUT2D eigenvalue weighted by Gasteiger charge is -2.22. The summed E-state index contributed by atoms with van der Waals surface area (Å²) in [7, 11) is 0. The highest BCUT2D eigenvalue weighted by atomic mass is 32.1. The quantitative estimate of drug-likeness (QED) is 0.516. The van der Waals surface area contributed by atoms with Crippen LogP contribution in [0.2, 0.25) is 0 Å². The zero-order chi connectivity index (χ0) is 24.1. The first-order valence-corrected chi connectivity index (χ1v) is 11.8. The van der Waals surface area contributed by atoms with Gasteiger partial charge in [0.1, 0.15) is 6.04 Å². The Morgan fingerprint density at radius 2 is 1.77 bits per heavy atom. The van der Waals surface area contributed by atoms with Crippen molar-refractivity contribution in [2.75, 3.05) is 20.2 Å². The highest BCUT2D eigenvalue weighted by Gasteiger charge is 2.32. The van der Waals surface area contributed by atoms with Crippen molar-refractivity contribution in [3.8, 4) is 23.0 Å². The van der Waals surface area contributed by atoms with Gasteiger partial charge in [-0.3, -0.25) is 9.36 Å². The molecule has 2 aromatic carbocycles. The van der Waals surface area contributed by atoms with Crippen LogP contribution < -0.4 is 33.8 Å². The Kier molecular flexibility index (Phi) is 5.10. The molecule has 3 aliphatic heterocycles. The number of nitrogens with zero attached hydrogens (tertiary/aromatic N) is 2. The van der Waals surface area contributed by atoms with Gasteiger partial charge in [0.2, 0.25) is 13.6 Å². The summed E-state index contributed by atoms with van der Waals surface area (Å²) in [6.07, 6.45) is 1.78. The second-order valence-corrected chi connectivity index (χ2v) is 9.02. The zero-order valence-electron chi connectivity index (χ0n) is 18.9. The molecular weight excluding hydrogens is 472 g/mol. The number of allylic oxidation sites excluding steroid dienone is 1. The molecule has 0 bridgehead atoms. The molecule has 4 heterocycles. The van der Waals surface area contributed by atoms with Gasteiger partial charge in [0.15, 0.2) is 27.8 Å². The number of carbonyl (C=O) groups is 1. The maximum Gasteiger partial charge on any atom is 0.338 e. The summed E-state index contributed by atoms with van der Waals surface area (Å²) < 4.78 is 29.0. The van der Waals surface area contributed by atoms with Gasteiger partial charge in [-0.15, -0.1) is 0 Å². The minimum Gasteiger partial charge on any atom is -0.463 e. The van der Waals surface area contributed by atoms with Crippen LogP contribution in [0.1, 0.15) is 31.0 Å². The number of hydrogen-bond donors (Lipinski definition) is 0. The van der Waals surface area contributed by atoms with Gasteiger partial charge in [0.05, 0.1) is 16.7 Å². The first-order chi connectivity index (χ1) is 17.0. The van der Waals surface area contributed by atoms with Crippen LogP contribution in [0.25, 0.3) is 11.8 Å². The van der Waals surface area contributed by atoms with E-state index in [0.29, 0.717) is 43.6 Å². The van der Waals surface area contributed by atoms with Gasteiger partial charge in [0.25, 0.3) is 5.56 Å². The molecule has 0 aliphatic carbocycles. The summed E-state index contributed by atoms with van der Waals surface area (Å²) in [6, 6.07) is 10.3. The molecule has 9 nitrogen and oxygen atoms in total. The molecule has 0 radical (unpaired) electrons. The molecule has 10 heteroatoms. The van der Waals surface area contributed by atoms with Crippen molar-refractivity contribution < 1.29 is 28.5 Å². The van der Waals surface area contributed by atoms with E-state index in [0.717, 1.165) is 11.1 Å². The number of thiazole rings is 1. The average Bonchev–Trinajstić information content (AvgIpc) is 3.57. The van der Waals surface area contributed by atoms with E-state index in [-0.39, 0.29) is 25.8 Å². The molecule has 0 fully saturated rings. The average molecular weight is 493 g/mol. The van der Waals surface area contributed by atoms with Crippen molar-refractivity contribution in [2.45, 2.75) is 19.9 Å². The summed E-state index contributed by atoms with van der Waals surface area (Å²) in [5, 5.41) is 0. The number of benzene rings is 2. The molecule has 0 unspecified atom stereocenters. The molecule has 0 saturated carbocycles. The summed E-state index contributed by atoms with van der Waals surface area (Å²) in [5.74, 6) is 2.01. The topological polar surface area (TPSA) is 97.6 Å². The molecule has 1 aromatic heterocycles. The smallest absolute Gasteiger partial charge is 0.338 e. The van der Waals surface area contributed by atoms with Crippen molar-refractivity contribution in [3.63, 3.8) is 0 Å². The Morgan fingerprint density at radius 3 is 2.51 bits per heavy atom. The zero-order valence-corrected chi connectivity index (χ0v) is 19.7. The highest BCUT2D eigenvalue weighted by Crippen LogP contribution is 2.39. The Balaban J connectivity index is 1.51. The highest BCUT2D eigenvalue weighted by molar-refractivity contribution is 7.07. The van der Waals surface area contributed by atoms with E-state index in [9.17, 15) is 9.59 Å². The van der Waals surface area contributed by atoms with Gasteiger partial charge in [-0.2, -0.15) is 0 Å². The van der Waals surface area contributed by atoms with Crippen molar-refractivity contribution in [3.05, 3.63) is 72.8 Å². The standard InChI is InChI=1S/C25H20N2O7S/c1-3-30-24(29)21-13(2)27-23(28)20(9-14-4-6-16-18(8-14)33-11-31-16)35-25(27)26-22(21)15-5-7-17-19(10-15)34-12-32-17/h4-10,22H,3,11-12H2,1-2H3/b20-9-/t22-/m0/s1. The second-order valence-electron chi connectivity index (χ2n) is 8.01. The Bertz CT molecular complexity index is 1580. The number of hydrogen-bond acceptors (Lipinski definition) is 9. The molecule has 1 atom stereocenters. The van der Waals surface area contributed by atoms with Gasteiger partial charge < -0.3 is 23.7 Å². The van der Waals surface area contributed by atoms with Crippen LogP contribution in [0.3, 0.4) is 0 Å². The van der Waals surface area contributed by atoms with E-state index >= 15 is 0 Å². The van der Waals surface area contributed by atoms with E-state index < -0.39 is 12.0 Å². The van der Waals surface area contributed by atoms with Crippen LogP contribution in [0.15, 0.2) is 51.8 Å². The van der Waals surface area contributed by atoms with E-state index in [4.69, 9.17) is 28.7 Å². The number of carbonyl (C=O) groups excluding carboxylic acids is 1. The normalized spacial score (nSPS) is 17.9. The molecule has 6 rings (SSSR count).